The fourth-order valence-corrected chi connectivity index (χ4v) is 2.97. The Bertz CT molecular complexity index is 487. The predicted molar refractivity (Wildman–Crippen MR) is 92.1 cm³/mol. The summed E-state index contributed by atoms with van der Waals surface area (Å²) in [6.07, 6.45) is 2.60. The molecule has 1 fully saturated rings. The minimum Gasteiger partial charge on any atom is -0.356 e. The summed E-state index contributed by atoms with van der Waals surface area (Å²) in [7, 11) is 2.14. The first-order chi connectivity index (χ1) is 10.3. The number of carbonyl (C=O) groups excluding carboxylic acids is 1. The van der Waals surface area contributed by atoms with Crippen molar-refractivity contribution in [3.8, 4) is 0 Å². The predicted octanol–water partition coefficient (Wildman–Crippen LogP) is 2.98. The number of aryl methyl sites for hydroxylation is 1. The van der Waals surface area contributed by atoms with Gasteiger partial charge < -0.3 is 10.2 Å². The van der Waals surface area contributed by atoms with Gasteiger partial charge in [-0.15, -0.1) is 0 Å². The van der Waals surface area contributed by atoms with Crippen LogP contribution in [0.15, 0.2) is 24.3 Å². The maximum atomic E-state index is 12.0. The van der Waals surface area contributed by atoms with Crippen molar-refractivity contribution < 1.29 is 4.79 Å². The monoisotopic (exact) mass is 302 g/mol. The number of amides is 1. The van der Waals surface area contributed by atoms with Gasteiger partial charge in [-0.2, -0.15) is 0 Å². The van der Waals surface area contributed by atoms with Crippen LogP contribution in [0.4, 0.5) is 0 Å². The molecule has 122 valence electrons. The van der Waals surface area contributed by atoms with Crippen LogP contribution in [0.1, 0.15) is 44.7 Å². The van der Waals surface area contributed by atoms with Gasteiger partial charge in [0.05, 0.1) is 0 Å². The molecule has 1 saturated heterocycles. The van der Waals surface area contributed by atoms with Crippen LogP contribution in [-0.2, 0) is 16.6 Å². The summed E-state index contributed by atoms with van der Waals surface area (Å²) in [4.78, 5) is 14.3. The number of nitrogens with one attached hydrogen (secondary N) is 1. The van der Waals surface area contributed by atoms with E-state index < -0.39 is 0 Å². The normalized spacial score (nSPS) is 19.4. The second-order valence-corrected chi connectivity index (χ2v) is 7.67. The summed E-state index contributed by atoms with van der Waals surface area (Å²) in [6, 6.07) is 8.67. The number of rotatable bonds is 5. The number of likely N-dealkylation sites (tertiary alicyclic amines) is 1. The van der Waals surface area contributed by atoms with Gasteiger partial charge in [0.25, 0.3) is 0 Å². The van der Waals surface area contributed by atoms with Crippen LogP contribution in [0.25, 0.3) is 0 Å². The lowest BCUT2D eigenvalue weighted by Crippen LogP contribution is -2.30. The number of carbonyl (C=O) groups is 1. The molecule has 0 radical (unpaired) electrons. The van der Waals surface area contributed by atoms with Crippen molar-refractivity contribution in [2.75, 3.05) is 26.7 Å². The summed E-state index contributed by atoms with van der Waals surface area (Å²) in [5.41, 5.74) is 2.76. The van der Waals surface area contributed by atoms with E-state index in [0.717, 1.165) is 26.1 Å². The summed E-state index contributed by atoms with van der Waals surface area (Å²) in [5, 5.41) is 3.09. The van der Waals surface area contributed by atoms with Crippen molar-refractivity contribution in [2.24, 2.45) is 5.92 Å². The Labute approximate surface area is 135 Å². The maximum absolute atomic E-state index is 12.0. The number of benzene rings is 1. The summed E-state index contributed by atoms with van der Waals surface area (Å²) in [6.45, 7) is 9.74. The molecule has 1 aromatic rings. The highest BCUT2D eigenvalue weighted by Crippen LogP contribution is 2.22. The highest BCUT2D eigenvalue weighted by molar-refractivity contribution is 5.76. The SMILES string of the molecule is CN1CCC(CNC(=O)CCc2ccc(C(C)(C)C)cc2)C1. The van der Waals surface area contributed by atoms with Gasteiger partial charge >= 0.3 is 0 Å². The highest BCUT2D eigenvalue weighted by atomic mass is 16.1. The Morgan fingerprint density at radius 1 is 1.27 bits per heavy atom. The first-order valence-electron chi connectivity index (χ1n) is 8.39. The van der Waals surface area contributed by atoms with Gasteiger partial charge in [0.2, 0.25) is 5.91 Å². The third-order valence-corrected chi connectivity index (χ3v) is 4.54. The molecule has 1 N–H and O–H groups in total. The zero-order valence-electron chi connectivity index (χ0n) is 14.5. The molecule has 1 aromatic carbocycles. The second-order valence-electron chi connectivity index (χ2n) is 7.67. The van der Waals surface area contributed by atoms with Gasteiger partial charge in [0, 0.05) is 19.5 Å². The molecule has 0 aliphatic carbocycles. The maximum Gasteiger partial charge on any atom is 0.220 e. The zero-order valence-corrected chi connectivity index (χ0v) is 14.5. The van der Waals surface area contributed by atoms with Crippen LogP contribution in [0.3, 0.4) is 0 Å². The van der Waals surface area contributed by atoms with Gasteiger partial charge in [-0.25, -0.2) is 0 Å². The highest BCUT2D eigenvalue weighted by Gasteiger charge is 2.19. The van der Waals surface area contributed by atoms with Crippen LogP contribution in [0.5, 0.6) is 0 Å². The van der Waals surface area contributed by atoms with Crippen molar-refractivity contribution >= 4 is 5.91 Å². The van der Waals surface area contributed by atoms with Crippen molar-refractivity contribution in [2.45, 2.75) is 45.4 Å². The summed E-state index contributed by atoms with van der Waals surface area (Å²) in [5.74, 6) is 0.800. The van der Waals surface area contributed by atoms with Crippen LogP contribution in [-0.4, -0.2) is 37.5 Å². The Hall–Kier alpha value is -1.35. The molecule has 1 heterocycles. The van der Waals surface area contributed by atoms with E-state index in [2.05, 4.69) is 62.3 Å². The molecule has 0 saturated carbocycles. The third kappa shape index (κ3) is 5.13. The van der Waals surface area contributed by atoms with Gasteiger partial charge in [-0.05, 0) is 48.9 Å². The molecular weight excluding hydrogens is 272 g/mol. The van der Waals surface area contributed by atoms with Crippen molar-refractivity contribution in [1.82, 2.24) is 10.2 Å². The topological polar surface area (TPSA) is 32.3 Å². The lowest BCUT2D eigenvalue weighted by atomic mass is 9.86. The minimum absolute atomic E-state index is 0.175. The van der Waals surface area contributed by atoms with Crippen molar-refractivity contribution in [3.05, 3.63) is 35.4 Å². The van der Waals surface area contributed by atoms with E-state index in [0.29, 0.717) is 12.3 Å². The second kappa shape index (κ2) is 7.28. The van der Waals surface area contributed by atoms with Crippen LogP contribution in [0, 0.1) is 5.92 Å². The molecule has 1 aliphatic heterocycles. The molecule has 1 atom stereocenters. The van der Waals surface area contributed by atoms with E-state index >= 15 is 0 Å². The smallest absolute Gasteiger partial charge is 0.220 e. The zero-order chi connectivity index (χ0) is 16.2. The van der Waals surface area contributed by atoms with E-state index in [1.807, 2.05) is 0 Å². The molecule has 1 aliphatic rings. The average molecular weight is 302 g/mol. The molecule has 0 spiro atoms. The van der Waals surface area contributed by atoms with Gasteiger partial charge in [-0.3, -0.25) is 4.79 Å². The molecular formula is C19H30N2O. The molecule has 2 rings (SSSR count). The fraction of sp³-hybridized carbons (Fsp3) is 0.632. The van der Waals surface area contributed by atoms with E-state index in [4.69, 9.17) is 0 Å². The van der Waals surface area contributed by atoms with E-state index in [9.17, 15) is 4.79 Å². The lowest BCUT2D eigenvalue weighted by Gasteiger charge is -2.19. The Balaban J connectivity index is 1.72. The van der Waals surface area contributed by atoms with Crippen LogP contribution < -0.4 is 5.32 Å². The average Bonchev–Trinajstić information content (AvgIpc) is 2.88. The fourth-order valence-electron chi connectivity index (χ4n) is 2.97. The standard InChI is InChI=1S/C19H30N2O/c1-19(2,3)17-8-5-15(6-9-17)7-10-18(22)20-13-16-11-12-21(4)14-16/h5-6,8-9,16H,7,10-14H2,1-4H3,(H,20,22). The minimum atomic E-state index is 0.175. The lowest BCUT2D eigenvalue weighted by molar-refractivity contribution is -0.121. The van der Waals surface area contributed by atoms with E-state index in [-0.39, 0.29) is 11.3 Å². The Kier molecular flexibility index (Phi) is 5.63. The van der Waals surface area contributed by atoms with E-state index in [1.165, 1.54) is 17.5 Å². The molecule has 3 nitrogen and oxygen atoms in total. The van der Waals surface area contributed by atoms with Crippen molar-refractivity contribution in [3.63, 3.8) is 0 Å². The van der Waals surface area contributed by atoms with Crippen LogP contribution in [0.2, 0.25) is 0 Å². The molecule has 3 heteroatoms. The van der Waals surface area contributed by atoms with E-state index in [1.54, 1.807) is 0 Å². The molecule has 1 unspecified atom stereocenters. The van der Waals surface area contributed by atoms with Crippen LogP contribution >= 0.6 is 0 Å². The van der Waals surface area contributed by atoms with Crippen molar-refractivity contribution in [1.29, 1.82) is 0 Å². The number of hydrogen-bond donors (Lipinski definition) is 1. The first-order valence-corrected chi connectivity index (χ1v) is 8.39. The first kappa shape index (κ1) is 17.0. The quantitative estimate of drug-likeness (QED) is 0.907. The van der Waals surface area contributed by atoms with Gasteiger partial charge in [0.1, 0.15) is 0 Å². The largest absolute Gasteiger partial charge is 0.356 e. The molecule has 1 amide bonds. The van der Waals surface area contributed by atoms with Gasteiger partial charge in [0.15, 0.2) is 0 Å². The van der Waals surface area contributed by atoms with Gasteiger partial charge in [-0.1, -0.05) is 45.0 Å². The number of nitrogens with zero attached hydrogens (tertiary/aromatic N) is 1. The molecule has 0 aromatic heterocycles. The number of hydrogen-bond acceptors (Lipinski definition) is 2. The molecule has 0 bridgehead atoms. The third-order valence-electron chi connectivity index (χ3n) is 4.54. The Morgan fingerprint density at radius 3 is 2.50 bits per heavy atom. The summed E-state index contributed by atoms with van der Waals surface area (Å²) >= 11 is 0. The summed E-state index contributed by atoms with van der Waals surface area (Å²) < 4.78 is 0. The Morgan fingerprint density at radius 2 is 1.95 bits per heavy atom. The molecule has 22 heavy (non-hydrogen) atoms.